The van der Waals surface area contributed by atoms with E-state index >= 15 is 0 Å². The molecule has 1 aliphatic heterocycles. The first-order valence-corrected chi connectivity index (χ1v) is 14.5. The van der Waals surface area contributed by atoms with Gasteiger partial charge in [0.05, 0.1) is 16.4 Å². The van der Waals surface area contributed by atoms with E-state index < -0.39 is 0 Å². The number of benzene rings is 1. The molecule has 202 valence electrons. The molecule has 0 amide bonds. The van der Waals surface area contributed by atoms with E-state index in [-0.39, 0.29) is 10.8 Å². The molecule has 1 aromatic carbocycles. The van der Waals surface area contributed by atoms with Crippen LogP contribution in [-0.4, -0.2) is 37.7 Å². The highest BCUT2D eigenvalue weighted by atomic mass is 16.3. The lowest BCUT2D eigenvalue weighted by molar-refractivity contribution is 0.176. The standard InChI is InChI=1S/C32H37N5O2/c1-20-5-4-8-37(16-20)17-22-9-26(23-6-7-23)30-27(10-22)29(38)28(18-39-30)24-11-25(15-33-14-24)32(12-21(2)13-32)31-35-34-19-36(31)3/h9-11,14-15,18-21,23H,4-8,12-13,16-17H2,1-3H3/t20-,21?,32?/m0/s1. The summed E-state index contributed by atoms with van der Waals surface area (Å²) in [6.07, 6.45) is 14.0. The molecule has 0 bridgehead atoms. The third-order valence-corrected chi connectivity index (χ3v) is 9.26. The van der Waals surface area contributed by atoms with E-state index in [9.17, 15) is 4.79 Å². The Balaban J connectivity index is 1.30. The van der Waals surface area contributed by atoms with Crippen molar-refractivity contribution in [3.05, 3.63) is 75.9 Å². The van der Waals surface area contributed by atoms with E-state index in [0.29, 0.717) is 22.8 Å². The number of rotatable bonds is 6. The lowest BCUT2D eigenvalue weighted by atomic mass is 9.58. The van der Waals surface area contributed by atoms with Crippen molar-refractivity contribution >= 4 is 11.0 Å². The van der Waals surface area contributed by atoms with E-state index in [1.165, 1.54) is 36.8 Å². The Kier molecular flexibility index (Phi) is 5.96. The Bertz CT molecular complexity index is 1590. The number of hydrogen-bond donors (Lipinski definition) is 0. The molecule has 0 radical (unpaired) electrons. The van der Waals surface area contributed by atoms with E-state index in [4.69, 9.17) is 4.42 Å². The SMILES string of the molecule is CC1CC(c2cncc(-c3coc4c(C5CC5)cc(CN5CCC[C@H](C)C5)cc4c3=O)c2)(c2nncn2C)C1. The summed E-state index contributed by atoms with van der Waals surface area (Å²) >= 11 is 0. The van der Waals surface area contributed by atoms with Crippen LogP contribution in [0.3, 0.4) is 0 Å². The number of fused-ring (bicyclic) bond motifs is 1. The molecular weight excluding hydrogens is 486 g/mol. The van der Waals surface area contributed by atoms with Crippen LogP contribution in [0.1, 0.15) is 80.8 Å². The molecule has 1 saturated heterocycles. The number of aryl methyl sites for hydroxylation is 1. The number of piperidine rings is 1. The largest absolute Gasteiger partial charge is 0.463 e. The predicted molar refractivity (Wildman–Crippen MR) is 152 cm³/mol. The number of pyridine rings is 1. The maximum atomic E-state index is 14.1. The van der Waals surface area contributed by atoms with Crippen molar-refractivity contribution in [3.8, 4) is 11.1 Å². The van der Waals surface area contributed by atoms with Crippen LogP contribution >= 0.6 is 0 Å². The zero-order valence-electron chi connectivity index (χ0n) is 23.2. The molecule has 3 aliphatic rings. The maximum Gasteiger partial charge on any atom is 0.200 e. The first-order valence-electron chi connectivity index (χ1n) is 14.5. The predicted octanol–water partition coefficient (Wildman–Crippen LogP) is 5.81. The van der Waals surface area contributed by atoms with Crippen LogP contribution in [0.4, 0.5) is 0 Å². The summed E-state index contributed by atoms with van der Waals surface area (Å²) in [5.41, 5.74) is 5.43. The van der Waals surface area contributed by atoms with Gasteiger partial charge in [0.15, 0.2) is 0 Å². The Morgan fingerprint density at radius 2 is 1.92 bits per heavy atom. The lowest BCUT2D eigenvalue weighted by Crippen LogP contribution is -2.43. The van der Waals surface area contributed by atoms with Gasteiger partial charge in [-0.1, -0.05) is 19.9 Å². The second-order valence-electron chi connectivity index (χ2n) is 12.6. The molecule has 0 unspecified atom stereocenters. The second kappa shape index (κ2) is 9.40. The Labute approximate surface area is 229 Å². The minimum absolute atomic E-state index is 0.0284. The zero-order chi connectivity index (χ0) is 26.7. The van der Waals surface area contributed by atoms with Gasteiger partial charge >= 0.3 is 0 Å². The van der Waals surface area contributed by atoms with Gasteiger partial charge in [-0.15, -0.1) is 10.2 Å². The summed E-state index contributed by atoms with van der Waals surface area (Å²) in [4.78, 5) is 21.2. The van der Waals surface area contributed by atoms with Crippen LogP contribution in [0.5, 0.6) is 0 Å². The summed E-state index contributed by atoms with van der Waals surface area (Å²) < 4.78 is 8.29. The minimum atomic E-state index is -0.234. The Morgan fingerprint density at radius 3 is 2.64 bits per heavy atom. The summed E-state index contributed by atoms with van der Waals surface area (Å²) in [7, 11) is 1.99. The Hall–Kier alpha value is -3.32. The summed E-state index contributed by atoms with van der Waals surface area (Å²) in [6, 6.07) is 6.50. The van der Waals surface area contributed by atoms with Gasteiger partial charge in [-0.3, -0.25) is 14.7 Å². The van der Waals surface area contributed by atoms with Crippen LogP contribution < -0.4 is 5.43 Å². The van der Waals surface area contributed by atoms with Crippen molar-refractivity contribution in [2.75, 3.05) is 13.1 Å². The third-order valence-electron chi connectivity index (χ3n) is 9.26. The monoisotopic (exact) mass is 523 g/mol. The zero-order valence-corrected chi connectivity index (χ0v) is 23.2. The van der Waals surface area contributed by atoms with Crippen molar-refractivity contribution < 1.29 is 4.42 Å². The van der Waals surface area contributed by atoms with Crippen LogP contribution in [0.2, 0.25) is 0 Å². The molecule has 4 aromatic rings. The van der Waals surface area contributed by atoms with Crippen LogP contribution in [0, 0.1) is 11.8 Å². The average Bonchev–Trinajstić information content (AvgIpc) is 3.67. The number of nitrogens with zero attached hydrogens (tertiary/aromatic N) is 5. The summed E-state index contributed by atoms with van der Waals surface area (Å²) in [5, 5.41) is 9.33. The fourth-order valence-electron chi connectivity index (χ4n) is 7.25. The van der Waals surface area contributed by atoms with Crippen LogP contribution in [-0.2, 0) is 19.0 Å². The molecule has 7 rings (SSSR count). The highest BCUT2D eigenvalue weighted by Crippen LogP contribution is 2.51. The molecule has 0 N–H and O–H groups in total. The molecule has 3 aromatic heterocycles. The first kappa shape index (κ1) is 24.7. The molecule has 7 heteroatoms. The van der Waals surface area contributed by atoms with E-state index in [2.05, 4.69) is 52.1 Å². The number of likely N-dealkylation sites (tertiary alicyclic amines) is 1. The van der Waals surface area contributed by atoms with Crippen molar-refractivity contribution in [1.29, 1.82) is 0 Å². The van der Waals surface area contributed by atoms with E-state index in [1.54, 1.807) is 18.8 Å². The minimum Gasteiger partial charge on any atom is -0.463 e. The third kappa shape index (κ3) is 4.31. The van der Waals surface area contributed by atoms with Gasteiger partial charge in [0, 0.05) is 38.1 Å². The average molecular weight is 524 g/mol. The van der Waals surface area contributed by atoms with Crippen molar-refractivity contribution in [1.82, 2.24) is 24.6 Å². The lowest BCUT2D eigenvalue weighted by Gasteiger charge is -2.45. The second-order valence-corrected chi connectivity index (χ2v) is 12.6. The van der Waals surface area contributed by atoms with Gasteiger partial charge in [-0.25, -0.2) is 0 Å². The van der Waals surface area contributed by atoms with Gasteiger partial charge in [0.1, 0.15) is 24.0 Å². The smallest absolute Gasteiger partial charge is 0.200 e. The van der Waals surface area contributed by atoms with E-state index in [0.717, 1.165) is 60.9 Å². The molecular formula is C32H37N5O2. The quantitative estimate of drug-likeness (QED) is 0.317. The molecule has 3 fully saturated rings. The highest BCUT2D eigenvalue weighted by Gasteiger charge is 2.48. The van der Waals surface area contributed by atoms with E-state index in [1.807, 2.05) is 17.8 Å². The molecule has 2 saturated carbocycles. The van der Waals surface area contributed by atoms with Crippen molar-refractivity contribution in [3.63, 3.8) is 0 Å². The van der Waals surface area contributed by atoms with Crippen molar-refractivity contribution in [2.24, 2.45) is 18.9 Å². The van der Waals surface area contributed by atoms with Gasteiger partial charge < -0.3 is 8.98 Å². The normalized spacial score (nSPS) is 25.6. The maximum absolute atomic E-state index is 14.1. The molecule has 4 heterocycles. The molecule has 2 aliphatic carbocycles. The van der Waals surface area contributed by atoms with Crippen LogP contribution in [0.15, 0.2) is 52.4 Å². The van der Waals surface area contributed by atoms with Gasteiger partial charge in [0.2, 0.25) is 5.43 Å². The Morgan fingerprint density at radius 1 is 1.08 bits per heavy atom. The molecule has 0 spiro atoms. The van der Waals surface area contributed by atoms with Crippen LogP contribution in [0.25, 0.3) is 22.1 Å². The number of aromatic nitrogens is 4. The molecule has 39 heavy (non-hydrogen) atoms. The fourth-order valence-corrected chi connectivity index (χ4v) is 7.25. The summed E-state index contributed by atoms with van der Waals surface area (Å²) in [5.74, 6) is 2.77. The highest BCUT2D eigenvalue weighted by molar-refractivity contribution is 5.85. The molecule has 7 nitrogen and oxygen atoms in total. The first-order chi connectivity index (χ1) is 18.9. The topological polar surface area (TPSA) is 77.1 Å². The number of hydrogen-bond acceptors (Lipinski definition) is 6. The van der Waals surface area contributed by atoms with Gasteiger partial charge in [-0.2, -0.15) is 0 Å². The fraction of sp³-hybridized carbons (Fsp3) is 0.500. The molecule has 1 atom stereocenters. The van der Waals surface area contributed by atoms with Gasteiger partial charge in [-0.05, 0) is 91.6 Å². The summed E-state index contributed by atoms with van der Waals surface area (Å²) in [6.45, 7) is 7.74. The van der Waals surface area contributed by atoms with Crippen molar-refractivity contribution in [2.45, 2.75) is 70.3 Å². The van der Waals surface area contributed by atoms with Gasteiger partial charge in [0.25, 0.3) is 0 Å².